The third-order valence-electron chi connectivity index (χ3n) is 9.94. The molecular formula is C40H60N2O10. The average molecular weight is 729 g/mol. The highest BCUT2D eigenvalue weighted by molar-refractivity contribution is 6.03. The van der Waals surface area contributed by atoms with Gasteiger partial charge in [0.1, 0.15) is 29.7 Å². The molecule has 0 radical (unpaired) electrons. The SMILES string of the molecule is C=CCOc1ccc2c(c1)C1C(CCCCO)C(CCCCO)C=C3C(=NOC(C)(C)C)CC(N(CCOCCO)C(=O)OC)C(OCC=C)(O2)C31. The first kappa shape index (κ1) is 41.3. The highest BCUT2D eigenvalue weighted by Crippen LogP contribution is 2.62. The summed E-state index contributed by atoms with van der Waals surface area (Å²) in [5.74, 6) is -0.595. The molecule has 6 atom stereocenters. The second kappa shape index (κ2) is 19.6. The van der Waals surface area contributed by atoms with Crippen molar-refractivity contribution in [3.63, 3.8) is 0 Å². The van der Waals surface area contributed by atoms with Crippen molar-refractivity contribution in [2.75, 3.05) is 59.9 Å². The van der Waals surface area contributed by atoms with Crippen LogP contribution in [0.4, 0.5) is 4.79 Å². The number of rotatable bonds is 21. The Hall–Kier alpha value is -3.42. The number of unbranched alkanes of at least 4 members (excludes halogenated alkanes) is 2. The van der Waals surface area contributed by atoms with Crippen LogP contribution < -0.4 is 9.47 Å². The summed E-state index contributed by atoms with van der Waals surface area (Å²) in [6, 6.07) is 5.06. The lowest BCUT2D eigenvalue weighted by molar-refractivity contribution is -0.256. The minimum atomic E-state index is -1.42. The van der Waals surface area contributed by atoms with Gasteiger partial charge in [-0.25, -0.2) is 4.79 Å². The zero-order chi connectivity index (χ0) is 37.7. The Balaban J connectivity index is 2.04. The molecule has 4 rings (SSSR count). The van der Waals surface area contributed by atoms with E-state index in [-0.39, 0.29) is 70.4 Å². The highest BCUT2D eigenvalue weighted by atomic mass is 16.7. The largest absolute Gasteiger partial charge is 0.490 e. The number of hydrogen-bond donors (Lipinski definition) is 3. The molecule has 0 saturated heterocycles. The van der Waals surface area contributed by atoms with Crippen molar-refractivity contribution in [1.82, 2.24) is 4.90 Å². The van der Waals surface area contributed by atoms with Crippen LogP contribution in [-0.2, 0) is 19.0 Å². The van der Waals surface area contributed by atoms with E-state index in [0.717, 1.165) is 36.8 Å². The predicted molar refractivity (Wildman–Crippen MR) is 199 cm³/mol. The molecule has 2 aliphatic carbocycles. The molecule has 3 N–H and O–H groups in total. The Morgan fingerprint density at radius 3 is 2.42 bits per heavy atom. The summed E-state index contributed by atoms with van der Waals surface area (Å²) in [4.78, 5) is 21.5. The van der Waals surface area contributed by atoms with E-state index in [4.69, 9.17) is 33.7 Å². The van der Waals surface area contributed by atoms with Gasteiger partial charge in [0.15, 0.2) is 0 Å². The summed E-state index contributed by atoms with van der Waals surface area (Å²) in [6.07, 6.45) is 9.97. The molecule has 290 valence electrons. The number of carbonyl (C=O) groups is 1. The van der Waals surface area contributed by atoms with E-state index >= 15 is 0 Å². The van der Waals surface area contributed by atoms with Crippen molar-refractivity contribution < 1.29 is 48.6 Å². The normalized spacial score (nSPS) is 25.6. The highest BCUT2D eigenvalue weighted by Gasteiger charge is 2.65. The number of aliphatic hydroxyl groups is 3. The second-order valence-corrected chi connectivity index (χ2v) is 14.6. The van der Waals surface area contributed by atoms with Crippen LogP contribution >= 0.6 is 0 Å². The molecule has 0 bridgehead atoms. The van der Waals surface area contributed by atoms with Crippen LogP contribution in [0.25, 0.3) is 0 Å². The molecule has 12 nitrogen and oxygen atoms in total. The Morgan fingerprint density at radius 1 is 1.04 bits per heavy atom. The molecule has 0 aromatic heterocycles. The molecule has 1 heterocycles. The summed E-state index contributed by atoms with van der Waals surface area (Å²) in [7, 11) is 1.34. The molecule has 1 saturated carbocycles. The summed E-state index contributed by atoms with van der Waals surface area (Å²) in [5, 5.41) is 33.8. The average Bonchev–Trinajstić information content (AvgIpc) is 3.13. The fourth-order valence-electron chi connectivity index (χ4n) is 7.91. The van der Waals surface area contributed by atoms with Crippen molar-refractivity contribution in [3.8, 4) is 11.5 Å². The number of carbonyl (C=O) groups excluding carboxylic acids is 1. The van der Waals surface area contributed by atoms with Gasteiger partial charge in [0, 0.05) is 37.7 Å². The fraction of sp³-hybridized carbons (Fsp3) is 0.650. The number of methoxy groups -OCH3 is 1. The van der Waals surface area contributed by atoms with E-state index in [1.165, 1.54) is 7.11 Å². The molecular weight excluding hydrogens is 668 g/mol. The number of fused-ring (bicyclic) bond motifs is 2. The molecule has 3 aliphatic rings. The van der Waals surface area contributed by atoms with E-state index < -0.39 is 29.4 Å². The Morgan fingerprint density at radius 2 is 1.77 bits per heavy atom. The Kier molecular flexibility index (Phi) is 15.6. The van der Waals surface area contributed by atoms with E-state index in [1.54, 1.807) is 17.1 Å². The van der Waals surface area contributed by atoms with E-state index in [9.17, 15) is 20.1 Å². The Labute approximate surface area is 309 Å². The van der Waals surface area contributed by atoms with Crippen LogP contribution in [0.3, 0.4) is 0 Å². The van der Waals surface area contributed by atoms with Crippen LogP contribution in [-0.4, -0.2) is 109 Å². The lowest BCUT2D eigenvalue weighted by Crippen LogP contribution is -2.70. The van der Waals surface area contributed by atoms with Crippen molar-refractivity contribution >= 4 is 11.8 Å². The molecule has 1 aliphatic heterocycles. The van der Waals surface area contributed by atoms with Gasteiger partial charge in [-0.2, -0.15) is 0 Å². The minimum Gasteiger partial charge on any atom is -0.490 e. The number of hydrogen-bond acceptors (Lipinski definition) is 11. The molecule has 0 spiro atoms. The van der Waals surface area contributed by atoms with Crippen LogP contribution in [0.5, 0.6) is 11.5 Å². The molecule has 1 fully saturated rings. The number of nitrogens with zero attached hydrogens (tertiary/aromatic N) is 2. The summed E-state index contributed by atoms with van der Waals surface area (Å²) in [6.45, 7) is 14.5. The van der Waals surface area contributed by atoms with E-state index in [1.807, 2.05) is 39.0 Å². The number of ether oxygens (including phenoxy) is 5. The van der Waals surface area contributed by atoms with Crippen LogP contribution in [0.2, 0.25) is 0 Å². The van der Waals surface area contributed by atoms with Gasteiger partial charge in [0.05, 0.1) is 45.2 Å². The molecule has 1 aromatic carbocycles. The van der Waals surface area contributed by atoms with Crippen LogP contribution in [0, 0.1) is 17.8 Å². The van der Waals surface area contributed by atoms with Crippen molar-refractivity contribution in [3.05, 3.63) is 60.7 Å². The summed E-state index contributed by atoms with van der Waals surface area (Å²) in [5.41, 5.74) is 1.99. The van der Waals surface area contributed by atoms with Gasteiger partial charge >= 0.3 is 6.09 Å². The molecule has 1 amide bonds. The van der Waals surface area contributed by atoms with E-state index in [2.05, 4.69) is 19.2 Å². The summed E-state index contributed by atoms with van der Waals surface area (Å²) >= 11 is 0. The van der Waals surface area contributed by atoms with Gasteiger partial charge in [-0.15, -0.1) is 6.58 Å². The minimum absolute atomic E-state index is 0.0750. The zero-order valence-electron chi connectivity index (χ0n) is 31.5. The third kappa shape index (κ3) is 9.76. The number of aliphatic hydroxyl groups excluding tert-OH is 3. The summed E-state index contributed by atoms with van der Waals surface area (Å²) < 4.78 is 31.1. The van der Waals surface area contributed by atoms with Gasteiger partial charge in [0.2, 0.25) is 5.79 Å². The molecule has 52 heavy (non-hydrogen) atoms. The monoisotopic (exact) mass is 728 g/mol. The first-order valence-corrected chi connectivity index (χ1v) is 18.6. The van der Waals surface area contributed by atoms with Crippen molar-refractivity contribution in [2.24, 2.45) is 22.9 Å². The van der Waals surface area contributed by atoms with Gasteiger partial charge < -0.3 is 43.8 Å². The standard InChI is InChI=1S/C40H60N2O10/c1-7-21-49-29-15-16-34-32(26-29)36-30(14-10-12-19-44)28(13-9-11-18-43)25-31-33(41-52-39(3,4)5)27-35(40(51-34,37(31)36)50-22-8-2)42(38(46)47-6)17-23-48-24-20-45/h7-8,15-16,25-26,28,30,35-37,43-45H,1-2,9-14,17-24,27H2,3-6H3. The topological polar surface area (TPSA) is 149 Å². The number of allylic oxidation sites excluding steroid dienone is 1. The third-order valence-corrected chi connectivity index (χ3v) is 9.94. The first-order valence-electron chi connectivity index (χ1n) is 18.6. The molecule has 1 aromatic rings. The quantitative estimate of drug-likeness (QED) is 0.0811. The number of amides is 1. The molecule has 12 heteroatoms. The maximum Gasteiger partial charge on any atom is 0.410 e. The maximum absolute atomic E-state index is 13.8. The van der Waals surface area contributed by atoms with Gasteiger partial charge in [-0.1, -0.05) is 42.8 Å². The lowest BCUT2D eigenvalue weighted by Gasteiger charge is -2.59. The van der Waals surface area contributed by atoms with Crippen LogP contribution in [0.15, 0.2) is 60.3 Å². The van der Waals surface area contributed by atoms with Gasteiger partial charge in [0.25, 0.3) is 0 Å². The lowest BCUT2D eigenvalue weighted by atomic mass is 9.55. The van der Waals surface area contributed by atoms with Crippen molar-refractivity contribution in [1.29, 1.82) is 0 Å². The maximum atomic E-state index is 13.8. The van der Waals surface area contributed by atoms with Gasteiger partial charge in [-0.3, -0.25) is 4.90 Å². The first-order chi connectivity index (χ1) is 25.1. The van der Waals surface area contributed by atoms with Crippen LogP contribution in [0.1, 0.15) is 77.2 Å². The second-order valence-electron chi connectivity index (χ2n) is 14.6. The predicted octanol–water partition coefficient (Wildman–Crippen LogP) is 5.76. The number of benzene rings is 1. The molecule has 6 unspecified atom stereocenters. The smallest absolute Gasteiger partial charge is 0.410 e. The zero-order valence-corrected chi connectivity index (χ0v) is 31.5. The number of oxime groups is 1. The Bertz CT molecular complexity index is 1390. The van der Waals surface area contributed by atoms with Crippen molar-refractivity contribution in [2.45, 2.75) is 89.1 Å². The fourth-order valence-corrected chi connectivity index (χ4v) is 7.91. The van der Waals surface area contributed by atoms with E-state index in [0.29, 0.717) is 36.7 Å². The van der Waals surface area contributed by atoms with Gasteiger partial charge in [-0.05, 0) is 82.1 Å².